The van der Waals surface area contributed by atoms with Crippen molar-refractivity contribution in [2.45, 2.75) is 59.0 Å². The first kappa shape index (κ1) is 17.5. The minimum atomic E-state index is -0.384. The lowest BCUT2D eigenvalue weighted by atomic mass is 9.86. The maximum atomic E-state index is 12.4. The second-order valence-electron chi connectivity index (χ2n) is 7.40. The standard InChI is InChI=1S/C19H28N2O2/c1-6-11-20-13-17(22)21(14(2)18(20)23)12-15-7-9-16(10-8-15)19(3,4)5/h7-10,14H,6,11-13H2,1-5H3/t14-/m0/s1. The summed E-state index contributed by atoms with van der Waals surface area (Å²) in [5.74, 6) is 0.0863. The van der Waals surface area contributed by atoms with E-state index in [0.717, 1.165) is 12.0 Å². The molecule has 0 aromatic heterocycles. The van der Waals surface area contributed by atoms with Crippen molar-refractivity contribution in [2.24, 2.45) is 0 Å². The fourth-order valence-electron chi connectivity index (χ4n) is 2.94. The van der Waals surface area contributed by atoms with Crippen LogP contribution in [0.25, 0.3) is 0 Å². The quantitative estimate of drug-likeness (QED) is 0.857. The summed E-state index contributed by atoms with van der Waals surface area (Å²) in [6.07, 6.45) is 0.875. The van der Waals surface area contributed by atoms with Gasteiger partial charge in [0.2, 0.25) is 11.8 Å². The molecule has 23 heavy (non-hydrogen) atoms. The molecular formula is C19H28N2O2. The van der Waals surface area contributed by atoms with Crippen molar-refractivity contribution in [2.75, 3.05) is 13.1 Å². The minimum absolute atomic E-state index is 0.0328. The van der Waals surface area contributed by atoms with E-state index in [2.05, 4.69) is 45.0 Å². The second kappa shape index (κ2) is 6.73. The number of benzene rings is 1. The van der Waals surface area contributed by atoms with Crippen molar-refractivity contribution in [1.82, 2.24) is 9.80 Å². The molecule has 1 heterocycles. The Morgan fingerprint density at radius 1 is 1.13 bits per heavy atom. The van der Waals surface area contributed by atoms with Crippen LogP contribution < -0.4 is 0 Å². The summed E-state index contributed by atoms with van der Waals surface area (Å²) in [7, 11) is 0. The molecule has 4 nitrogen and oxygen atoms in total. The van der Waals surface area contributed by atoms with Crippen LogP contribution in [0.2, 0.25) is 0 Å². The average molecular weight is 316 g/mol. The van der Waals surface area contributed by atoms with E-state index in [1.807, 2.05) is 13.8 Å². The number of hydrogen-bond donors (Lipinski definition) is 0. The van der Waals surface area contributed by atoms with Gasteiger partial charge in [-0.25, -0.2) is 0 Å². The molecular weight excluding hydrogens is 288 g/mol. The fourth-order valence-corrected chi connectivity index (χ4v) is 2.94. The van der Waals surface area contributed by atoms with Gasteiger partial charge in [0.1, 0.15) is 6.04 Å². The third-order valence-corrected chi connectivity index (χ3v) is 4.45. The molecule has 2 amide bonds. The summed E-state index contributed by atoms with van der Waals surface area (Å²) < 4.78 is 0. The molecule has 1 fully saturated rings. The molecule has 0 radical (unpaired) electrons. The molecule has 0 bridgehead atoms. The van der Waals surface area contributed by atoms with Crippen molar-refractivity contribution in [3.63, 3.8) is 0 Å². The maximum absolute atomic E-state index is 12.4. The van der Waals surface area contributed by atoms with Gasteiger partial charge in [0.25, 0.3) is 0 Å². The van der Waals surface area contributed by atoms with Crippen molar-refractivity contribution in [3.8, 4) is 0 Å². The predicted molar refractivity (Wildman–Crippen MR) is 92.0 cm³/mol. The van der Waals surface area contributed by atoms with Crippen molar-refractivity contribution < 1.29 is 9.59 Å². The zero-order valence-corrected chi connectivity index (χ0v) is 14.9. The van der Waals surface area contributed by atoms with Crippen LogP contribution in [0.3, 0.4) is 0 Å². The van der Waals surface area contributed by atoms with Gasteiger partial charge < -0.3 is 9.80 Å². The Labute approximate surface area is 139 Å². The van der Waals surface area contributed by atoms with E-state index >= 15 is 0 Å². The maximum Gasteiger partial charge on any atom is 0.245 e. The Morgan fingerprint density at radius 2 is 1.74 bits per heavy atom. The Kier molecular flexibility index (Phi) is 5.12. The topological polar surface area (TPSA) is 40.6 Å². The molecule has 0 unspecified atom stereocenters. The molecule has 4 heteroatoms. The smallest absolute Gasteiger partial charge is 0.245 e. The molecule has 1 aromatic rings. The normalized spacial score (nSPS) is 19.4. The number of rotatable bonds is 4. The lowest BCUT2D eigenvalue weighted by Gasteiger charge is -2.38. The van der Waals surface area contributed by atoms with Gasteiger partial charge in [-0.1, -0.05) is 52.0 Å². The van der Waals surface area contributed by atoms with Gasteiger partial charge in [0.15, 0.2) is 0 Å². The van der Waals surface area contributed by atoms with E-state index in [-0.39, 0.29) is 29.8 Å². The predicted octanol–water partition coefficient (Wildman–Crippen LogP) is 2.95. The van der Waals surface area contributed by atoms with E-state index in [1.54, 1.807) is 9.80 Å². The van der Waals surface area contributed by atoms with Crippen LogP contribution >= 0.6 is 0 Å². The molecule has 126 valence electrons. The molecule has 1 aliphatic heterocycles. The SMILES string of the molecule is CCCN1CC(=O)N(Cc2ccc(C(C)(C)C)cc2)[C@@H](C)C1=O. The van der Waals surface area contributed by atoms with E-state index in [9.17, 15) is 9.59 Å². The van der Waals surface area contributed by atoms with Gasteiger partial charge in [0, 0.05) is 13.1 Å². The lowest BCUT2D eigenvalue weighted by molar-refractivity contribution is -0.155. The molecule has 1 aliphatic rings. The monoisotopic (exact) mass is 316 g/mol. The van der Waals surface area contributed by atoms with E-state index in [4.69, 9.17) is 0 Å². The first-order chi connectivity index (χ1) is 10.7. The highest BCUT2D eigenvalue weighted by Crippen LogP contribution is 2.23. The Hall–Kier alpha value is -1.84. The lowest BCUT2D eigenvalue weighted by Crippen LogP contribution is -2.58. The van der Waals surface area contributed by atoms with Crippen LogP contribution in [-0.4, -0.2) is 40.7 Å². The largest absolute Gasteiger partial charge is 0.332 e. The van der Waals surface area contributed by atoms with Gasteiger partial charge in [-0.05, 0) is 29.9 Å². The third kappa shape index (κ3) is 3.92. The van der Waals surface area contributed by atoms with Crippen molar-refractivity contribution >= 4 is 11.8 Å². The highest BCUT2D eigenvalue weighted by Gasteiger charge is 2.35. The minimum Gasteiger partial charge on any atom is -0.332 e. The molecule has 1 saturated heterocycles. The summed E-state index contributed by atoms with van der Waals surface area (Å²) in [5.41, 5.74) is 2.45. The van der Waals surface area contributed by atoms with Gasteiger partial charge in [-0.2, -0.15) is 0 Å². The number of amides is 2. The summed E-state index contributed by atoms with van der Waals surface area (Å²) in [4.78, 5) is 28.1. The van der Waals surface area contributed by atoms with Crippen LogP contribution in [0.1, 0.15) is 52.2 Å². The van der Waals surface area contributed by atoms with Crippen LogP contribution in [0.15, 0.2) is 24.3 Å². The van der Waals surface area contributed by atoms with Gasteiger partial charge in [-0.3, -0.25) is 9.59 Å². The van der Waals surface area contributed by atoms with Crippen molar-refractivity contribution in [1.29, 1.82) is 0 Å². The number of nitrogens with zero attached hydrogens (tertiary/aromatic N) is 2. The number of piperazine rings is 1. The first-order valence-corrected chi connectivity index (χ1v) is 8.41. The number of carbonyl (C=O) groups excluding carboxylic acids is 2. The Morgan fingerprint density at radius 3 is 2.26 bits per heavy atom. The van der Waals surface area contributed by atoms with E-state index in [1.165, 1.54) is 5.56 Å². The second-order valence-corrected chi connectivity index (χ2v) is 7.40. The average Bonchev–Trinajstić information content (AvgIpc) is 2.49. The van der Waals surface area contributed by atoms with Gasteiger partial charge in [0.05, 0.1) is 6.54 Å². The fraction of sp³-hybridized carbons (Fsp3) is 0.579. The van der Waals surface area contributed by atoms with Crippen LogP contribution in [0.5, 0.6) is 0 Å². The van der Waals surface area contributed by atoms with Crippen LogP contribution in [-0.2, 0) is 21.5 Å². The van der Waals surface area contributed by atoms with E-state index in [0.29, 0.717) is 13.1 Å². The summed E-state index contributed by atoms with van der Waals surface area (Å²) >= 11 is 0. The van der Waals surface area contributed by atoms with Crippen molar-refractivity contribution in [3.05, 3.63) is 35.4 Å². The van der Waals surface area contributed by atoms with E-state index < -0.39 is 0 Å². The number of carbonyl (C=O) groups is 2. The Bertz CT molecular complexity index is 572. The van der Waals surface area contributed by atoms with Gasteiger partial charge >= 0.3 is 0 Å². The van der Waals surface area contributed by atoms with Crippen LogP contribution in [0.4, 0.5) is 0 Å². The van der Waals surface area contributed by atoms with Gasteiger partial charge in [-0.15, -0.1) is 0 Å². The third-order valence-electron chi connectivity index (χ3n) is 4.45. The Balaban J connectivity index is 2.10. The summed E-state index contributed by atoms with van der Waals surface area (Å²) in [6, 6.07) is 7.96. The highest BCUT2D eigenvalue weighted by atomic mass is 16.2. The molecule has 0 N–H and O–H groups in total. The molecule has 0 saturated carbocycles. The zero-order valence-electron chi connectivity index (χ0n) is 14.9. The zero-order chi connectivity index (χ0) is 17.2. The summed E-state index contributed by atoms with van der Waals surface area (Å²) in [5, 5.41) is 0. The molecule has 2 rings (SSSR count). The molecule has 0 aliphatic carbocycles. The number of hydrogen-bond acceptors (Lipinski definition) is 2. The molecule has 1 atom stereocenters. The summed E-state index contributed by atoms with van der Waals surface area (Å²) in [6.45, 7) is 11.7. The first-order valence-electron chi connectivity index (χ1n) is 8.41. The van der Waals surface area contributed by atoms with Crippen LogP contribution in [0, 0.1) is 0 Å². The highest BCUT2D eigenvalue weighted by molar-refractivity contribution is 5.94. The molecule has 0 spiro atoms. The molecule has 1 aromatic carbocycles.